The van der Waals surface area contributed by atoms with Crippen LogP contribution < -0.4 is 5.32 Å². The molecule has 0 bridgehead atoms. The molecule has 0 radical (unpaired) electrons. The molecule has 2 N–H and O–H groups in total. The summed E-state index contributed by atoms with van der Waals surface area (Å²) in [6, 6.07) is 0. The Bertz CT molecular complexity index is 214. The molecule has 1 aliphatic carbocycles. The lowest BCUT2D eigenvalue weighted by atomic mass is 9.77. The maximum Gasteiger partial charge on any atom is 0.249 e. The summed E-state index contributed by atoms with van der Waals surface area (Å²) >= 11 is 0. The lowest BCUT2D eigenvalue weighted by molar-refractivity contribution is -0.134. The Morgan fingerprint density at radius 2 is 2.29 bits per heavy atom. The molecule has 1 amide bonds. The van der Waals surface area contributed by atoms with Crippen LogP contribution >= 0.6 is 0 Å². The van der Waals surface area contributed by atoms with Crippen molar-refractivity contribution >= 4 is 5.91 Å². The molecule has 80 valence electrons. The van der Waals surface area contributed by atoms with Gasteiger partial charge in [0, 0.05) is 6.61 Å². The molecular formula is C10H17NO3. The van der Waals surface area contributed by atoms with Crippen LogP contribution in [0.4, 0.5) is 0 Å². The number of carbonyl (C=O) groups excluding carboxylic acids is 1. The van der Waals surface area contributed by atoms with E-state index >= 15 is 0 Å². The molecule has 0 spiro atoms. The van der Waals surface area contributed by atoms with Crippen molar-refractivity contribution in [2.45, 2.75) is 43.7 Å². The summed E-state index contributed by atoms with van der Waals surface area (Å²) in [6.45, 7) is 0.732. The van der Waals surface area contributed by atoms with Gasteiger partial charge in [-0.3, -0.25) is 4.79 Å². The quantitative estimate of drug-likeness (QED) is 0.682. The number of carbonyl (C=O) groups is 1. The van der Waals surface area contributed by atoms with Crippen molar-refractivity contribution in [2.75, 3.05) is 13.2 Å². The molecule has 2 fully saturated rings. The second-order valence-corrected chi connectivity index (χ2v) is 4.28. The highest BCUT2D eigenvalue weighted by molar-refractivity contribution is 5.81. The molecule has 1 aliphatic heterocycles. The van der Waals surface area contributed by atoms with E-state index in [1.54, 1.807) is 0 Å². The Morgan fingerprint density at radius 1 is 1.50 bits per heavy atom. The standard InChI is InChI=1S/C10H17NO3/c12-7-10(4-2-5-10)11-9(13)8-3-1-6-14-8/h8,12H,1-7H2,(H,11,13)/t8-/m0/s1. The average molecular weight is 199 g/mol. The molecule has 2 rings (SSSR count). The van der Waals surface area contributed by atoms with Gasteiger partial charge in [0.1, 0.15) is 6.10 Å². The van der Waals surface area contributed by atoms with E-state index in [2.05, 4.69) is 5.32 Å². The first-order valence-corrected chi connectivity index (χ1v) is 5.30. The van der Waals surface area contributed by atoms with Crippen molar-refractivity contribution in [3.05, 3.63) is 0 Å². The fourth-order valence-corrected chi connectivity index (χ4v) is 2.05. The van der Waals surface area contributed by atoms with Crippen LogP contribution in [0.2, 0.25) is 0 Å². The van der Waals surface area contributed by atoms with Gasteiger partial charge in [-0.25, -0.2) is 0 Å². The van der Waals surface area contributed by atoms with E-state index in [0.717, 1.165) is 32.1 Å². The number of amides is 1. The zero-order chi connectivity index (χ0) is 10.0. The Kier molecular flexibility index (Phi) is 2.74. The van der Waals surface area contributed by atoms with E-state index in [4.69, 9.17) is 4.74 Å². The fraction of sp³-hybridized carbons (Fsp3) is 0.900. The number of aliphatic hydroxyl groups is 1. The number of aliphatic hydroxyl groups excluding tert-OH is 1. The third-order valence-electron chi connectivity index (χ3n) is 3.22. The van der Waals surface area contributed by atoms with Gasteiger partial charge in [-0.1, -0.05) is 0 Å². The highest BCUT2D eigenvalue weighted by Gasteiger charge is 2.39. The zero-order valence-electron chi connectivity index (χ0n) is 8.29. The van der Waals surface area contributed by atoms with Crippen LogP contribution in [0.15, 0.2) is 0 Å². The first-order chi connectivity index (χ1) is 6.76. The summed E-state index contributed by atoms with van der Waals surface area (Å²) in [5.74, 6) is -0.0451. The molecule has 1 atom stereocenters. The third kappa shape index (κ3) is 1.77. The SMILES string of the molecule is O=C(NC1(CO)CCC1)[C@@H]1CCCO1. The molecule has 0 aromatic rings. The van der Waals surface area contributed by atoms with Crippen molar-refractivity contribution in [3.63, 3.8) is 0 Å². The predicted octanol–water partition coefficient (Wildman–Crippen LogP) is 0.197. The lowest BCUT2D eigenvalue weighted by Gasteiger charge is -2.41. The van der Waals surface area contributed by atoms with Crippen molar-refractivity contribution in [1.29, 1.82) is 0 Å². The van der Waals surface area contributed by atoms with Crippen molar-refractivity contribution in [2.24, 2.45) is 0 Å². The molecular weight excluding hydrogens is 182 g/mol. The van der Waals surface area contributed by atoms with Gasteiger partial charge < -0.3 is 15.2 Å². The van der Waals surface area contributed by atoms with E-state index in [1.165, 1.54) is 0 Å². The molecule has 4 heteroatoms. The molecule has 1 saturated carbocycles. The third-order valence-corrected chi connectivity index (χ3v) is 3.22. The van der Waals surface area contributed by atoms with Crippen molar-refractivity contribution < 1.29 is 14.6 Å². The van der Waals surface area contributed by atoms with E-state index in [9.17, 15) is 9.90 Å². The molecule has 0 unspecified atom stereocenters. The van der Waals surface area contributed by atoms with Gasteiger partial charge in [-0.2, -0.15) is 0 Å². The van der Waals surface area contributed by atoms with Crippen molar-refractivity contribution in [1.82, 2.24) is 5.32 Å². The number of hydrogen-bond donors (Lipinski definition) is 2. The van der Waals surface area contributed by atoms with E-state index in [0.29, 0.717) is 6.61 Å². The lowest BCUT2D eigenvalue weighted by Crippen LogP contribution is -2.58. The summed E-state index contributed by atoms with van der Waals surface area (Å²) in [4.78, 5) is 11.7. The predicted molar refractivity (Wildman–Crippen MR) is 50.8 cm³/mol. The molecule has 0 aromatic carbocycles. The van der Waals surface area contributed by atoms with E-state index in [-0.39, 0.29) is 24.2 Å². The molecule has 1 saturated heterocycles. The summed E-state index contributed by atoms with van der Waals surface area (Å²) in [5, 5.41) is 12.1. The highest BCUT2D eigenvalue weighted by Crippen LogP contribution is 2.31. The summed E-state index contributed by atoms with van der Waals surface area (Å²) < 4.78 is 5.28. The molecule has 0 aromatic heterocycles. The Labute approximate surface area is 83.6 Å². The van der Waals surface area contributed by atoms with Gasteiger partial charge in [-0.05, 0) is 32.1 Å². The molecule has 14 heavy (non-hydrogen) atoms. The average Bonchev–Trinajstić information content (AvgIpc) is 2.63. The fourth-order valence-electron chi connectivity index (χ4n) is 2.05. The minimum absolute atomic E-state index is 0.0451. The van der Waals surface area contributed by atoms with Crippen LogP contribution in [-0.4, -0.2) is 35.9 Å². The van der Waals surface area contributed by atoms with Crippen LogP contribution in [-0.2, 0) is 9.53 Å². The zero-order valence-corrected chi connectivity index (χ0v) is 8.29. The summed E-state index contributed by atoms with van der Waals surface area (Å²) in [5.41, 5.74) is -0.330. The molecule has 2 aliphatic rings. The topological polar surface area (TPSA) is 58.6 Å². The van der Waals surface area contributed by atoms with Gasteiger partial charge >= 0.3 is 0 Å². The van der Waals surface area contributed by atoms with Gasteiger partial charge in [0.2, 0.25) is 5.91 Å². The van der Waals surface area contributed by atoms with Gasteiger partial charge in [0.15, 0.2) is 0 Å². The number of ether oxygens (including phenoxy) is 1. The first kappa shape index (κ1) is 9.93. The summed E-state index contributed by atoms with van der Waals surface area (Å²) in [7, 11) is 0. The van der Waals surface area contributed by atoms with Crippen molar-refractivity contribution in [3.8, 4) is 0 Å². The van der Waals surface area contributed by atoms with E-state index in [1.807, 2.05) is 0 Å². The van der Waals surface area contributed by atoms with Crippen LogP contribution in [0, 0.1) is 0 Å². The minimum Gasteiger partial charge on any atom is -0.394 e. The second kappa shape index (κ2) is 3.87. The number of hydrogen-bond acceptors (Lipinski definition) is 3. The Balaban J connectivity index is 1.86. The maximum absolute atomic E-state index is 11.7. The molecule has 1 heterocycles. The normalized spacial score (nSPS) is 29.6. The van der Waals surface area contributed by atoms with Crippen LogP contribution in [0.1, 0.15) is 32.1 Å². The minimum atomic E-state index is -0.330. The smallest absolute Gasteiger partial charge is 0.249 e. The monoisotopic (exact) mass is 199 g/mol. The second-order valence-electron chi connectivity index (χ2n) is 4.28. The largest absolute Gasteiger partial charge is 0.394 e. The van der Waals surface area contributed by atoms with Gasteiger partial charge in [0.05, 0.1) is 12.1 Å². The number of nitrogens with one attached hydrogen (secondary N) is 1. The molecule has 4 nitrogen and oxygen atoms in total. The highest BCUT2D eigenvalue weighted by atomic mass is 16.5. The Hall–Kier alpha value is -0.610. The first-order valence-electron chi connectivity index (χ1n) is 5.30. The van der Waals surface area contributed by atoms with Gasteiger partial charge in [0.25, 0.3) is 0 Å². The summed E-state index contributed by atoms with van der Waals surface area (Å²) in [6.07, 6.45) is 4.37. The Morgan fingerprint density at radius 3 is 2.71 bits per heavy atom. The van der Waals surface area contributed by atoms with Crippen LogP contribution in [0.25, 0.3) is 0 Å². The van der Waals surface area contributed by atoms with Crippen LogP contribution in [0.3, 0.4) is 0 Å². The van der Waals surface area contributed by atoms with Gasteiger partial charge in [-0.15, -0.1) is 0 Å². The van der Waals surface area contributed by atoms with Crippen LogP contribution in [0.5, 0.6) is 0 Å². The number of rotatable bonds is 3. The maximum atomic E-state index is 11.7. The van der Waals surface area contributed by atoms with E-state index < -0.39 is 0 Å².